The fourth-order valence-electron chi connectivity index (χ4n) is 3.46. The molecule has 168 valence electrons. The maximum absolute atomic E-state index is 12.9. The molecule has 9 heteroatoms. The van der Waals surface area contributed by atoms with E-state index in [1.807, 2.05) is 50.2 Å². The van der Waals surface area contributed by atoms with Gasteiger partial charge < -0.3 is 15.0 Å². The van der Waals surface area contributed by atoms with Crippen molar-refractivity contribution in [3.05, 3.63) is 64.7 Å². The fourth-order valence-corrected chi connectivity index (χ4v) is 4.48. The molecule has 1 fully saturated rings. The summed E-state index contributed by atoms with van der Waals surface area (Å²) in [6, 6.07) is 15.7. The molecule has 0 bridgehead atoms. The minimum absolute atomic E-state index is 0.109. The van der Waals surface area contributed by atoms with E-state index in [1.54, 1.807) is 0 Å². The molecule has 1 unspecified atom stereocenters. The molecule has 32 heavy (non-hydrogen) atoms. The minimum atomic E-state index is -0.371. The van der Waals surface area contributed by atoms with E-state index in [0.717, 1.165) is 35.9 Å². The van der Waals surface area contributed by atoms with Crippen LogP contribution in [-0.2, 0) is 16.1 Å². The Hall–Kier alpha value is -2.55. The van der Waals surface area contributed by atoms with Gasteiger partial charge in [0.25, 0.3) is 0 Å². The lowest BCUT2D eigenvalue weighted by molar-refractivity contribution is -0.115. The van der Waals surface area contributed by atoms with Gasteiger partial charge in [-0.2, -0.15) is 0 Å². The number of thioether (sulfide) groups is 1. The molecule has 1 aromatic heterocycles. The van der Waals surface area contributed by atoms with Gasteiger partial charge in [0.15, 0.2) is 5.16 Å². The van der Waals surface area contributed by atoms with E-state index in [4.69, 9.17) is 16.3 Å². The van der Waals surface area contributed by atoms with E-state index in [9.17, 15) is 4.79 Å². The monoisotopic (exact) mass is 471 g/mol. The van der Waals surface area contributed by atoms with Gasteiger partial charge in [-0.3, -0.25) is 9.36 Å². The van der Waals surface area contributed by atoms with Gasteiger partial charge in [-0.25, -0.2) is 0 Å². The van der Waals surface area contributed by atoms with Crippen molar-refractivity contribution in [1.29, 1.82) is 0 Å². The van der Waals surface area contributed by atoms with Crippen molar-refractivity contribution in [3.8, 4) is 0 Å². The summed E-state index contributed by atoms with van der Waals surface area (Å²) in [5.41, 5.74) is 2.71. The van der Waals surface area contributed by atoms with Crippen molar-refractivity contribution < 1.29 is 9.53 Å². The average Bonchev–Trinajstić information content (AvgIpc) is 3.20. The first-order chi connectivity index (χ1) is 15.5. The quantitative estimate of drug-likeness (QED) is 0.519. The molecule has 2 heterocycles. The topological polar surface area (TPSA) is 72.3 Å². The van der Waals surface area contributed by atoms with Crippen LogP contribution in [0.15, 0.2) is 53.7 Å². The zero-order valence-electron chi connectivity index (χ0n) is 18.1. The number of amides is 1. The van der Waals surface area contributed by atoms with Gasteiger partial charge in [0, 0.05) is 23.8 Å². The van der Waals surface area contributed by atoms with Crippen LogP contribution in [0.1, 0.15) is 18.1 Å². The van der Waals surface area contributed by atoms with Crippen molar-refractivity contribution in [1.82, 2.24) is 14.8 Å². The largest absolute Gasteiger partial charge is 0.378 e. The molecule has 1 N–H and O–H groups in total. The lowest BCUT2D eigenvalue weighted by Crippen LogP contribution is -2.38. The number of nitrogens with one attached hydrogen (secondary N) is 1. The van der Waals surface area contributed by atoms with Gasteiger partial charge in [0.05, 0.1) is 25.0 Å². The number of benzene rings is 2. The minimum Gasteiger partial charge on any atom is -0.378 e. The highest BCUT2D eigenvalue weighted by Crippen LogP contribution is 2.29. The average molecular weight is 472 g/mol. The van der Waals surface area contributed by atoms with Gasteiger partial charge in [-0.1, -0.05) is 59.8 Å². The molecule has 3 aromatic rings. The lowest BCUT2D eigenvalue weighted by Gasteiger charge is -2.28. The number of carbonyl (C=O) groups excluding carboxylic acids is 1. The molecule has 1 aliphatic heterocycles. The molecule has 0 radical (unpaired) electrons. The van der Waals surface area contributed by atoms with E-state index in [1.165, 1.54) is 11.8 Å². The molecule has 2 aromatic carbocycles. The second-order valence-corrected chi connectivity index (χ2v) is 9.33. The summed E-state index contributed by atoms with van der Waals surface area (Å²) in [5, 5.41) is 12.9. The molecule has 0 saturated carbocycles. The number of nitrogens with zero attached hydrogens (tertiary/aromatic N) is 4. The van der Waals surface area contributed by atoms with Gasteiger partial charge >= 0.3 is 0 Å². The van der Waals surface area contributed by atoms with Crippen LogP contribution in [0.2, 0.25) is 5.02 Å². The van der Waals surface area contributed by atoms with Crippen molar-refractivity contribution >= 4 is 40.9 Å². The zero-order chi connectivity index (χ0) is 22.5. The Kier molecular flexibility index (Phi) is 7.34. The number of rotatable bonds is 7. The van der Waals surface area contributed by atoms with E-state index in [0.29, 0.717) is 29.9 Å². The summed E-state index contributed by atoms with van der Waals surface area (Å²) in [4.78, 5) is 15.1. The second-order valence-electron chi connectivity index (χ2n) is 7.62. The van der Waals surface area contributed by atoms with Crippen LogP contribution in [0.5, 0.6) is 0 Å². The summed E-state index contributed by atoms with van der Waals surface area (Å²) in [6.45, 7) is 7.25. The van der Waals surface area contributed by atoms with Crippen LogP contribution in [0, 0.1) is 6.92 Å². The molecular weight excluding hydrogens is 446 g/mol. The van der Waals surface area contributed by atoms with Gasteiger partial charge in [-0.05, 0) is 37.1 Å². The normalized spacial score (nSPS) is 14.9. The molecule has 4 rings (SSSR count). The third kappa shape index (κ3) is 5.26. The first-order valence-electron chi connectivity index (χ1n) is 10.6. The highest BCUT2D eigenvalue weighted by molar-refractivity contribution is 8.00. The van der Waals surface area contributed by atoms with Crippen LogP contribution in [-0.4, -0.2) is 52.2 Å². The predicted molar refractivity (Wildman–Crippen MR) is 129 cm³/mol. The van der Waals surface area contributed by atoms with Crippen molar-refractivity contribution in [2.45, 2.75) is 30.8 Å². The second kappa shape index (κ2) is 10.4. The van der Waals surface area contributed by atoms with Crippen LogP contribution in [0.3, 0.4) is 0 Å². The summed E-state index contributed by atoms with van der Waals surface area (Å²) in [5.74, 6) is 0.695. The number of halogens is 1. The van der Waals surface area contributed by atoms with E-state index >= 15 is 0 Å². The number of hydrogen-bond donors (Lipinski definition) is 1. The summed E-state index contributed by atoms with van der Waals surface area (Å²) < 4.78 is 7.57. The molecular formula is C23H26ClN5O2S. The molecule has 0 spiro atoms. The highest BCUT2D eigenvalue weighted by atomic mass is 35.5. The Bertz CT molecular complexity index is 1070. The number of ether oxygens (including phenoxy) is 1. The first-order valence-corrected chi connectivity index (χ1v) is 11.8. The maximum Gasteiger partial charge on any atom is 0.237 e. The van der Waals surface area contributed by atoms with E-state index in [2.05, 4.69) is 37.1 Å². The van der Waals surface area contributed by atoms with Gasteiger partial charge in [0.1, 0.15) is 0 Å². The molecule has 1 amide bonds. The number of morpholine rings is 1. The summed E-state index contributed by atoms with van der Waals surface area (Å²) in [7, 11) is 0. The third-order valence-electron chi connectivity index (χ3n) is 5.35. The SMILES string of the molecule is Cc1c(Cl)cccc1NC(=O)C(C)Sc1nnc(N2CCOCC2)n1Cc1ccccc1. The fraction of sp³-hybridized carbons (Fsp3) is 0.348. The van der Waals surface area contributed by atoms with E-state index in [-0.39, 0.29) is 11.2 Å². The first kappa shape index (κ1) is 22.6. The van der Waals surface area contributed by atoms with Crippen molar-refractivity contribution in [2.24, 2.45) is 0 Å². The molecule has 1 aliphatic rings. The number of aromatic nitrogens is 3. The summed E-state index contributed by atoms with van der Waals surface area (Å²) in [6.07, 6.45) is 0. The number of anilines is 2. The molecule has 1 atom stereocenters. The van der Waals surface area contributed by atoms with E-state index < -0.39 is 0 Å². The lowest BCUT2D eigenvalue weighted by atomic mass is 10.2. The van der Waals surface area contributed by atoms with Crippen LogP contribution < -0.4 is 10.2 Å². The van der Waals surface area contributed by atoms with Crippen molar-refractivity contribution in [3.63, 3.8) is 0 Å². The Morgan fingerprint density at radius 1 is 1.16 bits per heavy atom. The summed E-state index contributed by atoms with van der Waals surface area (Å²) >= 11 is 7.59. The third-order valence-corrected chi connectivity index (χ3v) is 6.84. The van der Waals surface area contributed by atoms with Gasteiger partial charge in [0.2, 0.25) is 11.9 Å². The van der Waals surface area contributed by atoms with Gasteiger partial charge in [-0.15, -0.1) is 10.2 Å². The Morgan fingerprint density at radius 2 is 1.91 bits per heavy atom. The molecule has 0 aliphatic carbocycles. The standard InChI is InChI=1S/C23H26ClN5O2S/c1-16-19(24)9-6-10-20(16)25-21(30)17(2)32-23-27-26-22(28-11-13-31-14-12-28)29(23)15-18-7-4-3-5-8-18/h3-10,17H,11-15H2,1-2H3,(H,25,30). The molecule has 1 saturated heterocycles. The molecule has 7 nitrogen and oxygen atoms in total. The Morgan fingerprint density at radius 3 is 2.66 bits per heavy atom. The highest BCUT2D eigenvalue weighted by Gasteiger charge is 2.24. The Labute approximate surface area is 197 Å². The number of hydrogen-bond acceptors (Lipinski definition) is 6. The van der Waals surface area contributed by atoms with Crippen molar-refractivity contribution in [2.75, 3.05) is 36.5 Å². The van der Waals surface area contributed by atoms with Crippen LogP contribution in [0.4, 0.5) is 11.6 Å². The Balaban J connectivity index is 1.54. The van der Waals surface area contributed by atoms with Crippen LogP contribution in [0.25, 0.3) is 0 Å². The van der Waals surface area contributed by atoms with Crippen LogP contribution >= 0.6 is 23.4 Å². The predicted octanol–water partition coefficient (Wildman–Crippen LogP) is 4.24. The number of carbonyl (C=O) groups is 1. The smallest absolute Gasteiger partial charge is 0.237 e. The zero-order valence-corrected chi connectivity index (χ0v) is 19.7. The maximum atomic E-state index is 12.9.